The molecule has 0 amide bonds. The molecule has 0 aliphatic heterocycles. The van der Waals surface area contributed by atoms with Crippen LogP contribution in [-0.4, -0.2) is 34.7 Å². The van der Waals surface area contributed by atoms with E-state index in [9.17, 15) is 18.2 Å². The van der Waals surface area contributed by atoms with Crippen LogP contribution >= 0.6 is 0 Å². The van der Waals surface area contributed by atoms with E-state index in [4.69, 9.17) is 14.9 Å². The number of carbonyl (C=O) groups excluding carboxylic acids is 1. The van der Waals surface area contributed by atoms with Gasteiger partial charge in [-0.15, -0.1) is 0 Å². The minimum absolute atomic E-state index is 0.0568. The molecule has 7 nitrogen and oxygen atoms in total. The number of hydrogen-bond acceptors (Lipinski definition) is 5. The fourth-order valence-corrected chi connectivity index (χ4v) is 3.22. The maximum absolute atomic E-state index is 11.9. The standard InChI is InChI=1S/C10H15O4.C4H5O2.Co.O/c1-7(9(12)13)5-8(11)14-6-10(2,3)4;1-3(2)4(5)6;;/h1-2,5-6H2,3-4H3,(H,12,13);1-2H2,(H,5,6);;. The molecular weight excluding hydrogens is 339 g/mol. The molecular formula is C14H20CoO7. The topological polar surface area (TPSA) is 118 Å². The van der Waals surface area contributed by atoms with E-state index in [1.807, 2.05) is 0 Å². The third kappa shape index (κ3) is 8.48. The molecule has 0 unspecified atom stereocenters. The number of carboxylic acids is 2. The van der Waals surface area contributed by atoms with E-state index in [1.54, 1.807) is 13.8 Å². The molecule has 8 heteroatoms. The predicted molar refractivity (Wildman–Crippen MR) is 73.2 cm³/mol. The minimum atomic E-state index is -1.81. The van der Waals surface area contributed by atoms with Gasteiger partial charge in [0.15, 0.2) is 0 Å². The van der Waals surface area contributed by atoms with Crippen molar-refractivity contribution in [3.63, 3.8) is 0 Å². The quantitative estimate of drug-likeness (QED) is 0.452. The first-order valence-corrected chi connectivity index (χ1v) is 8.03. The third-order valence-electron chi connectivity index (χ3n) is 2.31. The molecule has 0 radical (unpaired) electrons. The molecule has 0 aliphatic carbocycles. The number of ether oxygens (including phenoxy) is 1. The third-order valence-corrected chi connectivity index (χ3v) is 4.57. The number of esters is 1. The van der Waals surface area contributed by atoms with Crippen LogP contribution in [0, 0.1) is 5.41 Å². The Morgan fingerprint density at radius 2 is 1.59 bits per heavy atom. The van der Waals surface area contributed by atoms with Crippen LogP contribution in [0.1, 0.15) is 20.3 Å². The van der Waals surface area contributed by atoms with Crippen molar-refractivity contribution in [2.24, 2.45) is 5.41 Å². The Bertz CT molecular complexity index is 519. The molecule has 0 bridgehead atoms. The Labute approximate surface area is 132 Å². The molecule has 0 fully saturated rings. The average molecular weight is 359 g/mol. The van der Waals surface area contributed by atoms with Gasteiger partial charge in [-0.3, -0.25) is 0 Å². The molecule has 0 rings (SSSR count). The zero-order valence-electron chi connectivity index (χ0n) is 12.5. The summed E-state index contributed by atoms with van der Waals surface area (Å²) in [7, 11) is 0. The van der Waals surface area contributed by atoms with Crippen molar-refractivity contribution in [1.82, 2.24) is 0 Å². The van der Waals surface area contributed by atoms with Crippen molar-refractivity contribution in [1.29, 1.82) is 0 Å². The predicted octanol–water partition coefficient (Wildman–Crippen LogP) is 2.03. The fourth-order valence-electron chi connectivity index (χ4n) is 1.22. The second-order valence-electron chi connectivity index (χ2n) is 5.41. The van der Waals surface area contributed by atoms with Gasteiger partial charge in [0.1, 0.15) is 0 Å². The van der Waals surface area contributed by atoms with Crippen molar-refractivity contribution in [3.05, 3.63) is 24.3 Å². The summed E-state index contributed by atoms with van der Waals surface area (Å²) in [5, 5.41) is 17.3. The summed E-state index contributed by atoms with van der Waals surface area (Å²) in [4.78, 5) is 32.6. The van der Waals surface area contributed by atoms with E-state index in [0.29, 0.717) is 0 Å². The van der Waals surface area contributed by atoms with Crippen LogP contribution in [0.15, 0.2) is 24.3 Å². The number of aliphatic carboxylic acids is 2. The van der Waals surface area contributed by atoms with E-state index < -0.39 is 43.3 Å². The maximum atomic E-state index is 11.9. The Kier molecular flexibility index (Phi) is 7.89. The van der Waals surface area contributed by atoms with Crippen LogP contribution in [0.5, 0.6) is 0 Å². The number of hydrogen-bond donors (Lipinski definition) is 2. The van der Waals surface area contributed by atoms with Crippen molar-refractivity contribution >= 4 is 17.9 Å². The second-order valence-corrected chi connectivity index (χ2v) is 7.27. The summed E-state index contributed by atoms with van der Waals surface area (Å²) in [5.74, 6) is -3.20. The zero-order valence-corrected chi connectivity index (χ0v) is 13.6. The second kappa shape index (κ2) is 8.59. The molecule has 2 N–H and O–H groups in total. The first-order valence-electron chi connectivity index (χ1n) is 6.13. The Morgan fingerprint density at radius 1 is 1.09 bits per heavy atom. The Balaban J connectivity index is 4.35. The van der Waals surface area contributed by atoms with Gasteiger partial charge in [0.05, 0.1) is 0 Å². The van der Waals surface area contributed by atoms with E-state index in [-0.39, 0.29) is 28.5 Å². The molecule has 0 aromatic carbocycles. The molecule has 0 saturated heterocycles. The molecule has 127 valence electrons. The zero-order chi connectivity index (χ0) is 17.5. The molecule has 0 aromatic rings. The van der Waals surface area contributed by atoms with Gasteiger partial charge in [0.2, 0.25) is 0 Å². The van der Waals surface area contributed by atoms with Crippen LogP contribution in [0.25, 0.3) is 0 Å². The Morgan fingerprint density at radius 3 is 2.05 bits per heavy atom. The van der Waals surface area contributed by atoms with E-state index in [1.165, 1.54) is 0 Å². The normalized spacial score (nSPS) is 11.5. The van der Waals surface area contributed by atoms with Crippen molar-refractivity contribution in [2.75, 3.05) is 6.61 Å². The van der Waals surface area contributed by atoms with E-state index in [2.05, 4.69) is 13.2 Å². The van der Waals surface area contributed by atoms with Gasteiger partial charge in [0.25, 0.3) is 0 Å². The molecule has 0 spiro atoms. The van der Waals surface area contributed by atoms with Crippen LogP contribution < -0.4 is 0 Å². The molecule has 0 heterocycles. The SMILES string of the molecule is C=C(CC(=O)OCC(C)(C)[CH2][Co](=[O])[CH2]C(=C)C(=O)O)C(=O)O. The van der Waals surface area contributed by atoms with Crippen LogP contribution in [0.2, 0.25) is 10.7 Å². The molecule has 0 aromatic heterocycles. The van der Waals surface area contributed by atoms with Gasteiger partial charge in [-0.1, -0.05) is 0 Å². The summed E-state index contributed by atoms with van der Waals surface area (Å²) in [6, 6.07) is 0. The van der Waals surface area contributed by atoms with Gasteiger partial charge in [-0.2, -0.15) is 0 Å². The van der Waals surface area contributed by atoms with Crippen LogP contribution in [0.3, 0.4) is 0 Å². The summed E-state index contributed by atoms with van der Waals surface area (Å²) in [5.41, 5.74) is -1.04. The monoisotopic (exact) mass is 359 g/mol. The summed E-state index contributed by atoms with van der Waals surface area (Å²) in [6.07, 6.45) is -0.423. The number of carboxylic acid groups (broad SMARTS) is 2. The molecule has 0 saturated carbocycles. The first kappa shape index (κ1) is 20.2. The summed E-state index contributed by atoms with van der Waals surface area (Å²) in [6.45, 7) is 9.90. The van der Waals surface area contributed by atoms with Gasteiger partial charge in [-0.05, 0) is 0 Å². The van der Waals surface area contributed by atoms with Gasteiger partial charge in [-0.25, -0.2) is 0 Å². The Hall–Kier alpha value is -1.80. The average Bonchev–Trinajstić information content (AvgIpc) is 2.35. The van der Waals surface area contributed by atoms with Crippen LogP contribution in [-0.2, 0) is 36.6 Å². The number of carbonyl (C=O) groups is 3. The first-order chi connectivity index (χ1) is 9.94. The van der Waals surface area contributed by atoms with Gasteiger partial charge >= 0.3 is 132 Å². The number of rotatable bonds is 10. The fraction of sp³-hybridized carbons (Fsp3) is 0.500. The van der Waals surface area contributed by atoms with Gasteiger partial charge in [0, 0.05) is 0 Å². The summed E-state index contributed by atoms with van der Waals surface area (Å²) < 4.78 is 16.8. The molecule has 0 aliphatic rings. The van der Waals surface area contributed by atoms with Gasteiger partial charge < -0.3 is 0 Å². The van der Waals surface area contributed by atoms with Crippen molar-refractivity contribution in [2.45, 2.75) is 31.0 Å². The van der Waals surface area contributed by atoms with Crippen LogP contribution in [0.4, 0.5) is 0 Å². The van der Waals surface area contributed by atoms with E-state index >= 15 is 0 Å². The summed E-state index contributed by atoms with van der Waals surface area (Å²) >= 11 is -1.81. The molecule has 22 heavy (non-hydrogen) atoms. The van der Waals surface area contributed by atoms with E-state index in [0.717, 1.165) is 0 Å². The molecule has 0 atom stereocenters. The van der Waals surface area contributed by atoms with Crippen molar-refractivity contribution in [3.8, 4) is 0 Å². The van der Waals surface area contributed by atoms with Crippen molar-refractivity contribution < 1.29 is 46.8 Å².